The summed E-state index contributed by atoms with van der Waals surface area (Å²) in [7, 11) is 1.76. The Labute approximate surface area is 155 Å². The highest BCUT2D eigenvalue weighted by Gasteiger charge is 2.52. The smallest absolute Gasteiger partial charge is 0.406 e. The van der Waals surface area contributed by atoms with Crippen LogP contribution in [0, 0.1) is 5.41 Å². The lowest BCUT2D eigenvalue weighted by Crippen LogP contribution is -2.60. The number of halogens is 3. The van der Waals surface area contributed by atoms with Gasteiger partial charge in [0.1, 0.15) is 5.75 Å². The van der Waals surface area contributed by atoms with Gasteiger partial charge in [-0.2, -0.15) is 0 Å². The molecule has 0 spiro atoms. The largest absolute Gasteiger partial charge is 0.573 e. The van der Waals surface area contributed by atoms with Crippen LogP contribution in [-0.4, -0.2) is 36.2 Å². The van der Waals surface area contributed by atoms with Crippen LogP contribution in [0.15, 0.2) is 24.3 Å². The summed E-state index contributed by atoms with van der Waals surface area (Å²) < 4.78 is 40.5. The van der Waals surface area contributed by atoms with Crippen LogP contribution in [0.5, 0.6) is 5.75 Å². The molecule has 0 aromatic heterocycles. The number of piperidine rings is 1. The van der Waals surface area contributed by atoms with Crippen molar-refractivity contribution >= 4 is 11.8 Å². The van der Waals surface area contributed by atoms with Crippen LogP contribution < -0.4 is 10.1 Å². The lowest BCUT2D eigenvalue weighted by atomic mass is 9.64. The number of likely N-dealkylation sites (tertiary alicyclic amines) is 1. The van der Waals surface area contributed by atoms with Gasteiger partial charge in [-0.05, 0) is 37.0 Å². The third-order valence-electron chi connectivity index (χ3n) is 5.70. The van der Waals surface area contributed by atoms with E-state index in [4.69, 9.17) is 0 Å². The van der Waals surface area contributed by atoms with Crippen molar-refractivity contribution in [3.63, 3.8) is 0 Å². The van der Waals surface area contributed by atoms with Crippen molar-refractivity contribution in [3.8, 4) is 5.75 Å². The molecule has 5 nitrogen and oxygen atoms in total. The molecule has 2 fully saturated rings. The molecule has 1 aromatic rings. The summed E-state index contributed by atoms with van der Waals surface area (Å²) in [5, 5.41) is 2.92. The van der Waals surface area contributed by atoms with E-state index in [9.17, 15) is 22.8 Å². The predicted octanol–water partition coefficient (Wildman–Crippen LogP) is 3.38. The minimum Gasteiger partial charge on any atom is -0.406 e. The van der Waals surface area contributed by atoms with Crippen molar-refractivity contribution in [1.82, 2.24) is 10.2 Å². The van der Waals surface area contributed by atoms with Gasteiger partial charge in [0.2, 0.25) is 11.8 Å². The fraction of sp³-hybridized carbons (Fsp3) is 0.579. The number of hydrogen-bond donors (Lipinski definition) is 1. The SMILES string of the molecule is CN1C(=O)CC[C@]2(C(=O)NCc3ccc(OC(F)(F)F)cc3)CCCC[C@@H]12. The molecule has 1 aromatic carbocycles. The Balaban J connectivity index is 1.65. The van der Waals surface area contributed by atoms with Gasteiger partial charge in [0.05, 0.1) is 5.41 Å². The molecule has 0 bridgehead atoms. The molecule has 3 rings (SSSR count). The minimum absolute atomic E-state index is 0.0746. The van der Waals surface area contributed by atoms with Gasteiger partial charge in [-0.15, -0.1) is 13.2 Å². The number of hydrogen-bond acceptors (Lipinski definition) is 3. The summed E-state index contributed by atoms with van der Waals surface area (Å²) in [4.78, 5) is 26.8. The Morgan fingerprint density at radius 1 is 1.26 bits per heavy atom. The Bertz CT molecular complexity index is 705. The molecule has 1 heterocycles. The van der Waals surface area contributed by atoms with Crippen LogP contribution in [0.4, 0.5) is 13.2 Å². The maximum absolute atomic E-state index is 13.0. The van der Waals surface area contributed by atoms with Crippen molar-refractivity contribution in [1.29, 1.82) is 0 Å². The molecule has 1 saturated heterocycles. The average molecular weight is 384 g/mol. The van der Waals surface area contributed by atoms with E-state index in [2.05, 4.69) is 10.1 Å². The number of nitrogens with zero attached hydrogens (tertiary/aromatic N) is 1. The van der Waals surface area contributed by atoms with E-state index in [0.29, 0.717) is 18.4 Å². The number of nitrogens with one attached hydrogen (secondary N) is 1. The van der Waals surface area contributed by atoms with Gasteiger partial charge in [-0.3, -0.25) is 9.59 Å². The second kappa shape index (κ2) is 7.40. The van der Waals surface area contributed by atoms with E-state index < -0.39 is 11.8 Å². The maximum Gasteiger partial charge on any atom is 0.573 e. The highest BCUT2D eigenvalue weighted by atomic mass is 19.4. The van der Waals surface area contributed by atoms with Crippen molar-refractivity contribution in [2.75, 3.05) is 7.05 Å². The number of alkyl halides is 3. The van der Waals surface area contributed by atoms with Gasteiger partial charge >= 0.3 is 6.36 Å². The quantitative estimate of drug-likeness (QED) is 0.866. The number of carbonyl (C=O) groups is 2. The number of benzene rings is 1. The first-order chi connectivity index (χ1) is 12.7. The standard InChI is InChI=1S/C19H23F3N2O3/c1-24-15-4-2-3-10-18(15,11-9-16(24)25)17(26)23-12-13-5-7-14(8-6-13)27-19(20,21)22/h5-8,15H,2-4,9-12H2,1H3,(H,23,26)/t15-,18-/m1/s1. The van der Waals surface area contributed by atoms with Gasteiger partial charge in [0.15, 0.2) is 0 Å². The van der Waals surface area contributed by atoms with Gasteiger partial charge in [0.25, 0.3) is 0 Å². The molecule has 2 atom stereocenters. The van der Waals surface area contributed by atoms with Gasteiger partial charge in [-0.25, -0.2) is 0 Å². The Morgan fingerprint density at radius 3 is 2.63 bits per heavy atom. The molecule has 148 valence electrons. The molecule has 0 unspecified atom stereocenters. The van der Waals surface area contributed by atoms with Crippen LogP contribution in [0.2, 0.25) is 0 Å². The molecule has 2 amide bonds. The van der Waals surface area contributed by atoms with E-state index in [1.165, 1.54) is 24.3 Å². The summed E-state index contributed by atoms with van der Waals surface area (Å²) in [5.74, 6) is -0.302. The fourth-order valence-electron chi connectivity index (χ4n) is 4.30. The summed E-state index contributed by atoms with van der Waals surface area (Å²) in [6.07, 6.45) is -0.295. The summed E-state index contributed by atoms with van der Waals surface area (Å²) in [6, 6.07) is 5.35. The average Bonchev–Trinajstić information content (AvgIpc) is 2.63. The third-order valence-corrected chi connectivity index (χ3v) is 5.70. The number of amides is 2. The van der Waals surface area contributed by atoms with Crippen LogP contribution in [0.3, 0.4) is 0 Å². The first-order valence-electron chi connectivity index (χ1n) is 9.10. The number of carbonyl (C=O) groups excluding carboxylic acids is 2. The second-order valence-electron chi connectivity index (χ2n) is 7.30. The molecule has 2 aliphatic rings. The molecule has 1 aliphatic carbocycles. The van der Waals surface area contributed by atoms with E-state index in [1.807, 2.05) is 0 Å². The molecule has 1 aliphatic heterocycles. The van der Waals surface area contributed by atoms with Gasteiger partial charge < -0.3 is 15.0 Å². The third kappa shape index (κ3) is 4.20. The van der Waals surface area contributed by atoms with Gasteiger partial charge in [0, 0.05) is 26.1 Å². The molecule has 0 radical (unpaired) electrons. The number of rotatable bonds is 4. The topological polar surface area (TPSA) is 58.6 Å². The second-order valence-corrected chi connectivity index (χ2v) is 7.30. The lowest BCUT2D eigenvalue weighted by Gasteiger charge is -2.50. The van der Waals surface area contributed by atoms with Crippen LogP contribution >= 0.6 is 0 Å². The van der Waals surface area contributed by atoms with Crippen molar-refractivity contribution < 1.29 is 27.5 Å². The molecule has 27 heavy (non-hydrogen) atoms. The maximum atomic E-state index is 13.0. The molecule has 1 saturated carbocycles. The monoisotopic (exact) mass is 384 g/mol. The predicted molar refractivity (Wildman–Crippen MR) is 91.7 cm³/mol. The Morgan fingerprint density at radius 2 is 1.96 bits per heavy atom. The highest BCUT2D eigenvalue weighted by Crippen LogP contribution is 2.46. The first-order valence-corrected chi connectivity index (χ1v) is 9.10. The van der Waals surface area contributed by atoms with Crippen LogP contribution in [-0.2, 0) is 16.1 Å². The first kappa shape index (κ1) is 19.5. The molecular weight excluding hydrogens is 361 g/mol. The van der Waals surface area contributed by atoms with E-state index in [-0.39, 0.29) is 30.2 Å². The lowest BCUT2D eigenvalue weighted by molar-refractivity contribution is -0.274. The minimum atomic E-state index is -4.73. The zero-order chi connectivity index (χ0) is 19.7. The Kier molecular flexibility index (Phi) is 5.35. The summed E-state index contributed by atoms with van der Waals surface area (Å²) in [6.45, 7) is 0.220. The Hall–Kier alpha value is -2.25. The van der Waals surface area contributed by atoms with E-state index in [0.717, 1.165) is 25.7 Å². The van der Waals surface area contributed by atoms with Gasteiger partial charge in [-0.1, -0.05) is 25.0 Å². The van der Waals surface area contributed by atoms with E-state index in [1.54, 1.807) is 11.9 Å². The normalized spacial score (nSPS) is 25.7. The zero-order valence-electron chi connectivity index (χ0n) is 15.1. The number of fused-ring (bicyclic) bond motifs is 1. The zero-order valence-corrected chi connectivity index (χ0v) is 15.1. The summed E-state index contributed by atoms with van der Waals surface area (Å²) >= 11 is 0. The summed E-state index contributed by atoms with van der Waals surface area (Å²) in [5.41, 5.74) is 0.113. The van der Waals surface area contributed by atoms with Crippen molar-refractivity contribution in [3.05, 3.63) is 29.8 Å². The van der Waals surface area contributed by atoms with Crippen LogP contribution in [0.25, 0.3) is 0 Å². The van der Waals surface area contributed by atoms with E-state index >= 15 is 0 Å². The van der Waals surface area contributed by atoms with Crippen molar-refractivity contribution in [2.24, 2.45) is 5.41 Å². The van der Waals surface area contributed by atoms with Crippen molar-refractivity contribution in [2.45, 2.75) is 57.5 Å². The fourth-order valence-corrected chi connectivity index (χ4v) is 4.30. The molecular formula is C19H23F3N2O3. The highest BCUT2D eigenvalue weighted by molar-refractivity contribution is 5.87. The molecule has 1 N–H and O–H groups in total. The number of ether oxygens (including phenoxy) is 1. The van der Waals surface area contributed by atoms with Crippen LogP contribution in [0.1, 0.15) is 44.1 Å². The molecule has 8 heteroatoms.